The number of nitrogens with zero attached hydrogens (tertiary/aromatic N) is 6. The van der Waals surface area contributed by atoms with E-state index in [0.29, 0.717) is 33.9 Å². The number of fused-ring (bicyclic) bond motifs is 1. The lowest BCUT2D eigenvalue weighted by molar-refractivity contribution is -0.137. The third kappa shape index (κ3) is 4.95. The fraction of sp³-hybridized carbons (Fsp3) is 0.214. The highest BCUT2D eigenvalue weighted by Gasteiger charge is 2.35. The van der Waals surface area contributed by atoms with Gasteiger partial charge in [-0.1, -0.05) is 12.1 Å². The molecule has 0 saturated heterocycles. The van der Waals surface area contributed by atoms with Gasteiger partial charge in [0.2, 0.25) is 0 Å². The van der Waals surface area contributed by atoms with Crippen LogP contribution in [0.1, 0.15) is 46.1 Å². The first kappa shape index (κ1) is 25.4. The van der Waals surface area contributed by atoms with Crippen LogP contribution in [0.25, 0.3) is 33.5 Å². The van der Waals surface area contributed by atoms with Crippen molar-refractivity contribution in [2.45, 2.75) is 31.5 Å². The largest absolute Gasteiger partial charge is 0.417 e. The van der Waals surface area contributed by atoms with Gasteiger partial charge in [-0.05, 0) is 54.7 Å². The Bertz CT molecular complexity index is 1760. The van der Waals surface area contributed by atoms with Crippen molar-refractivity contribution in [1.82, 2.24) is 35.0 Å². The van der Waals surface area contributed by atoms with Gasteiger partial charge in [-0.3, -0.25) is 19.4 Å². The molecular weight excluding hydrogens is 521 g/mol. The number of carbonyl (C=O) groups excluding carboxylic acids is 1. The number of nitrogens with two attached hydrogens (primary N) is 1. The van der Waals surface area contributed by atoms with Crippen LogP contribution in [-0.2, 0) is 19.8 Å². The number of alkyl halides is 3. The summed E-state index contributed by atoms with van der Waals surface area (Å²) in [5.41, 5.74) is 8.96. The summed E-state index contributed by atoms with van der Waals surface area (Å²) < 4.78 is 41.3. The standard InChI is InChI=1S/C28H23F3N8O/c1-39-10-8-21(38-39)24-23(17-6-7-20-16(11-17)3-2-9-33-20)36-25(26(32)37-24)27(40)35-14-22-19(15-4-5-15)12-18(13-34-22)28(29,30)31/h2-3,6-13,15H,4-5,14H2,1H3,(H2,32,37)(H,35,40). The fourth-order valence-electron chi connectivity index (χ4n) is 4.57. The van der Waals surface area contributed by atoms with Gasteiger partial charge in [0.15, 0.2) is 11.5 Å². The molecule has 202 valence electrons. The molecule has 0 unspecified atom stereocenters. The van der Waals surface area contributed by atoms with E-state index in [-0.39, 0.29) is 24.0 Å². The predicted molar refractivity (Wildman–Crippen MR) is 142 cm³/mol. The summed E-state index contributed by atoms with van der Waals surface area (Å²) in [4.78, 5) is 30.8. The number of anilines is 1. The first-order chi connectivity index (χ1) is 19.2. The fourth-order valence-corrected chi connectivity index (χ4v) is 4.57. The highest BCUT2D eigenvalue weighted by atomic mass is 19.4. The molecule has 12 heteroatoms. The smallest absolute Gasteiger partial charge is 0.382 e. The van der Waals surface area contributed by atoms with Crippen molar-refractivity contribution < 1.29 is 18.0 Å². The molecule has 0 spiro atoms. The molecule has 5 aromatic rings. The maximum Gasteiger partial charge on any atom is 0.417 e. The van der Waals surface area contributed by atoms with E-state index >= 15 is 0 Å². The lowest BCUT2D eigenvalue weighted by Crippen LogP contribution is -2.27. The van der Waals surface area contributed by atoms with Crippen LogP contribution in [0.15, 0.2) is 61.1 Å². The minimum absolute atomic E-state index is 0.00165. The zero-order valence-corrected chi connectivity index (χ0v) is 21.3. The van der Waals surface area contributed by atoms with Gasteiger partial charge in [-0.25, -0.2) is 9.97 Å². The average molecular weight is 545 g/mol. The second kappa shape index (κ2) is 9.70. The molecule has 3 N–H and O–H groups in total. The third-order valence-corrected chi connectivity index (χ3v) is 6.74. The normalized spacial score (nSPS) is 13.5. The predicted octanol–water partition coefficient (Wildman–Crippen LogP) is 4.90. The van der Waals surface area contributed by atoms with Crippen LogP contribution in [0.5, 0.6) is 0 Å². The molecule has 1 aliphatic carbocycles. The van der Waals surface area contributed by atoms with Gasteiger partial charge in [-0.2, -0.15) is 18.3 Å². The Morgan fingerprint density at radius 2 is 1.93 bits per heavy atom. The monoisotopic (exact) mass is 544 g/mol. The number of aryl methyl sites for hydroxylation is 1. The highest BCUT2D eigenvalue weighted by Crippen LogP contribution is 2.43. The number of nitrogen functional groups attached to an aromatic ring is 1. The second-order valence-corrected chi connectivity index (χ2v) is 9.65. The molecule has 1 aromatic carbocycles. The molecular formula is C28H23F3N8O. The lowest BCUT2D eigenvalue weighted by atomic mass is 10.0. The molecule has 6 rings (SSSR count). The van der Waals surface area contributed by atoms with E-state index in [2.05, 4.69) is 30.4 Å². The minimum Gasteiger partial charge on any atom is -0.382 e. The second-order valence-electron chi connectivity index (χ2n) is 9.65. The van der Waals surface area contributed by atoms with Crippen molar-refractivity contribution in [1.29, 1.82) is 0 Å². The van der Waals surface area contributed by atoms with Crippen LogP contribution in [0.4, 0.5) is 19.0 Å². The van der Waals surface area contributed by atoms with Crippen molar-refractivity contribution in [2.24, 2.45) is 7.05 Å². The van der Waals surface area contributed by atoms with Crippen LogP contribution in [-0.4, -0.2) is 35.6 Å². The number of hydrogen-bond acceptors (Lipinski definition) is 7. The van der Waals surface area contributed by atoms with Gasteiger partial charge >= 0.3 is 6.18 Å². The minimum atomic E-state index is -4.49. The molecule has 1 fully saturated rings. The van der Waals surface area contributed by atoms with E-state index in [1.165, 1.54) is 0 Å². The van der Waals surface area contributed by atoms with Gasteiger partial charge in [0.1, 0.15) is 11.4 Å². The summed E-state index contributed by atoms with van der Waals surface area (Å²) >= 11 is 0. The molecule has 4 heterocycles. The first-order valence-corrected chi connectivity index (χ1v) is 12.5. The van der Waals surface area contributed by atoms with Crippen LogP contribution in [0.3, 0.4) is 0 Å². The molecule has 0 atom stereocenters. The van der Waals surface area contributed by atoms with Gasteiger partial charge in [0.25, 0.3) is 5.91 Å². The number of carbonyl (C=O) groups is 1. The summed E-state index contributed by atoms with van der Waals surface area (Å²) in [7, 11) is 1.77. The third-order valence-electron chi connectivity index (χ3n) is 6.74. The van der Waals surface area contributed by atoms with E-state index in [0.717, 1.165) is 36.0 Å². The summed E-state index contributed by atoms with van der Waals surface area (Å²) in [6.07, 6.45) is 1.32. The molecule has 4 aromatic heterocycles. The Kier molecular flexibility index (Phi) is 6.16. The van der Waals surface area contributed by atoms with Crippen LogP contribution < -0.4 is 11.1 Å². The zero-order chi connectivity index (χ0) is 28.0. The number of rotatable bonds is 6. The van der Waals surface area contributed by atoms with E-state index in [9.17, 15) is 18.0 Å². The van der Waals surface area contributed by atoms with Crippen LogP contribution in [0, 0.1) is 0 Å². The van der Waals surface area contributed by atoms with E-state index < -0.39 is 17.6 Å². The van der Waals surface area contributed by atoms with Crippen LogP contribution >= 0.6 is 0 Å². The van der Waals surface area contributed by atoms with E-state index in [1.54, 1.807) is 30.2 Å². The Labute approximate surface area is 226 Å². The van der Waals surface area contributed by atoms with Gasteiger partial charge < -0.3 is 11.1 Å². The van der Waals surface area contributed by atoms with Crippen molar-refractivity contribution in [3.8, 4) is 22.6 Å². The van der Waals surface area contributed by atoms with Gasteiger partial charge in [-0.15, -0.1) is 0 Å². The molecule has 0 radical (unpaired) electrons. The van der Waals surface area contributed by atoms with Crippen molar-refractivity contribution in [3.63, 3.8) is 0 Å². The van der Waals surface area contributed by atoms with Crippen molar-refractivity contribution in [3.05, 3.63) is 83.6 Å². The van der Waals surface area contributed by atoms with Crippen molar-refractivity contribution >= 4 is 22.6 Å². The van der Waals surface area contributed by atoms with Gasteiger partial charge in [0.05, 0.1) is 29.0 Å². The average Bonchev–Trinajstić information content (AvgIpc) is 3.70. The molecule has 0 aliphatic heterocycles. The summed E-state index contributed by atoms with van der Waals surface area (Å²) in [5.74, 6) is -0.727. The molecule has 1 saturated carbocycles. The number of pyridine rings is 2. The number of benzene rings is 1. The SMILES string of the molecule is Cn1ccc(-c2nc(N)c(C(=O)NCc3ncc(C(F)(F)F)cc3C3CC3)nc2-c2ccc3ncccc3c2)n1. The molecule has 0 bridgehead atoms. The summed E-state index contributed by atoms with van der Waals surface area (Å²) in [5, 5.41) is 8.02. The Morgan fingerprint density at radius 1 is 1.10 bits per heavy atom. The number of amides is 1. The summed E-state index contributed by atoms with van der Waals surface area (Å²) in [6, 6.07) is 12.2. The van der Waals surface area contributed by atoms with Crippen molar-refractivity contribution in [2.75, 3.05) is 5.73 Å². The van der Waals surface area contributed by atoms with E-state index in [4.69, 9.17) is 5.73 Å². The highest BCUT2D eigenvalue weighted by molar-refractivity contribution is 5.98. The number of hydrogen-bond donors (Lipinski definition) is 2. The first-order valence-electron chi connectivity index (χ1n) is 12.5. The zero-order valence-electron chi connectivity index (χ0n) is 21.3. The quantitative estimate of drug-likeness (QED) is 0.312. The maximum absolute atomic E-state index is 13.3. The van der Waals surface area contributed by atoms with E-state index in [1.807, 2.05) is 30.3 Å². The van der Waals surface area contributed by atoms with Crippen LogP contribution in [0.2, 0.25) is 0 Å². The molecule has 40 heavy (non-hydrogen) atoms. The molecule has 1 aliphatic rings. The molecule has 1 amide bonds. The maximum atomic E-state index is 13.3. The Morgan fingerprint density at radius 3 is 2.65 bits per heavy atom. The number of nitrogens with one attached hydrogen (secondary N) is 1. The van der Waals surface area contributed by atoms with Gasteiger partial charge in [0, 0.05) is 36.6 Å². The summed E-state index contributed by atoms with van der Waals surface area (Å²) in [6.45, 7) is -0.0805. The number of halogens is 3. The Hall–Kier alpha value is -4.87. The Balaban J connectivity index is 1.35. The molecule has 9 nitrogen and oxygen atoms in total. The lowest BCUT2D eigenvalue weighted by Gasteiger charge is -2.14. The topological polar surface area (TPSA) is 124 Å². The number of aromatic nitrogens is 6.